The van der Waals surface area contributed by atoms with Gasteiger partial charge in [0.05, 0.1) is 0 Å². The topological polar surface area (TPSA) is 34.9 Å². The fraction of sp³-hybridized carbons (Fsp3) is 0.714. The van der Waals surface area contributed by atoms with Crippen LogP contribution in [0.3, 0.4) is 0 Å². The van der Waals surface area contributed by atoms with Gasteiger partial charge in [0, 0.05) is 18.5 Å². The molecule has 4 heteroatoms. The number of halogens is 1. The molecule has 3 nitrogen and oxygen atoms in total. The highest BCUT2D eigenvalue weighted by Gasteiger charge is 2.13. The van der Waals surface area contributed by atoms with Gasteiger partial charge in [-0.3, -0.25) is 9.36 Å². The number of hydrogen-bond donors (Lipinski definition) is 0. The van der Waals surface area contributed by atoms with Gasteiger partial charge >= 0.3 is 0 Å². The molecule has 0 atom stereocenters. The van der Waals surface area contributed by atoms with Crippen LogP contribution in [0.5, 0.6) is 0 Å². The molecule has 0 saturated heterocycles. The molecule has 1 aromatic rings. The van der Waals surface area contributed by atoms with Gasteiger partial charge in [0.2, 0.25) is 0 Å². The third kappa shape index (κ3) is 4.45. The molecule has 0 amide bonds. The average molecular weight is 271 g/mol. The van der Waals surface area contributed by atoms with Crippen molar-refractivity contribution in [3.63, 3.8) is 0 Å². The van der Waals surface area contributed by atoms with Crippen molar-refractivity contribution < 1.29 is 0 Å². The van der Waals surface area contributed by atoms with Crippen molar-refractivity contribution in [1.29, 1.82) is 0 Å². The Morgan fingerprint density at radius 2 is 2.00 bits per heavy atom. The molecule has 0 spiro atoms. The highest BCUT2D eigenvalue weighted by molar-refractivity contribution is 6.29. The summed E-state index contributed by atoms with van der Waals surface area (Å²) in [5.41, 5.74) is 0.245. The summed E-state index contributed by atoms with van der Waals surface area (Å²) in [6.07, 6.45) is 2.06. The van der Waals surface area contributed by atoms with E-state index in [0.29, 0.717) is 12.0 Å². The van der Waals surface area contributed by atoms with Crippen molar-refractivity contribution in [2.75, 3.05) is 0 Å². The van der Waals surface area contributed by atoms with E-state index in [9.17, 15) is 4.79 Å². The van der Waals surface area contributed by atoms with Gasteiger partial charge in [0.15, 0.2) is 0 Å². The molecule has 0 N–H and O–H groups in total. The summed E-state index contributed by atoms with van der Waals surface area (Å²) >= 11 is 5.85. The monoisotopic (exact) mass is 270 g/mol. The van der Waals surface area contributed by atoms with Crippen molar-refractivity contribution in [3.05, 3.63) is 27.4 Å². The van der Waals surface area contributed by atoms with Crippen LogP contribution < -0.4 is 5.56 Å². The molecule has 0 aliphatic heterocycles. The smallest absolute Gasteiger partial charge is 0.254 e. The Bertz CT molecular complexity index is 458. The third-order valence-electron chi connectivity index (χ3n) is 2.83. The van der Waals surface area contributed by atoms with Crippen LogP contribution in [0.2, 0.25) is 5.15 Å². The van der Waals surface area contributed by atoms with E-state index >= 15 is 0 Å². The number of rotatable bonds is 4. The van der Waals surface area contributed by atoms with E-state index in [1.165, 1.54) is 6.07 Å². The van der Waals surface area contributed by atoms with E-state index in [4.69, 9.17) is 11.6 Å². The number of hydrogen-bond acceptors (Lipinski definition) is 2. The molecule has 0 aliphatic carbocycles. The quantitative estimate of drug-likeness (QED) is 0.779. The summed E-state index contributed by atoms with van der Waals surface area (Å²) in [7, 11) is 0. The average Bonchev–Trinajstić information content (AvgIpc) is 2.18. The van der Waals surface area contributed by atoms with Gasteiger partial charge in [-0.1, -0.05) is 46.2 Å². The summed E-state index contributed by atoms with van der Waals surface area (Å²) in [6.45, 7) is 11.4. The Morgan fingerprint density at radius 1 is 1.39 bits per heavy atom. The lowest BCUT2D eigenvalue weighted by atomic mass is 9.90. The molecule has 102 valence electrons. The van der Waals surface area contributed by atoms with Crippen molar-refractivity contribution >= 4 is 11.6 Å². The van der Waals surface area contributed by atoms with Crippen molar-refractivity contribution in [1.82, 2.24) is 9.55 Å². The Kier molecular flexibility index (Phi) is 4.97. The summed E-state index contributed by atoms with van der Waals surface area (Å²) in [6, 6.07) is 1.39. The second-order valence-corrected chi connectivity index (χ2v) is 6.63. The molecule has 0 unspecified atom stereocenters. The molecule has 1 rings (SSSR count). The van der Waals surface area contributed by atoms with Crippen LogP contribution in [0.25, 0.3) is 0 Å². The summed E-state index contributed by atoms with van der Waals surface area (Å²) < 4.78 is 1.75. The summed E-state index contributed by atoms with van der Waals surface area (Å²) in [5.74, 6) is 0.979. The van der Waals surface area contributed by atoms with Gasteiger partial charge < -0.3 is 0 Å². The Balaban J connectivity index is 2.91. The van der Waals surface area contributed by atoms with Gasteiger partial charge in [0.1, 0.15) is 11.0 Å². The van der Waals surface area contributed by atoms with Gasteiger partial charge in [-0.05, 0) is 18.3 Å². The SMILES string of the molecule is CC(C)c1nc(Cl)cc(=O)n1CCCC(C)(C)C. The molecule has 0 fully saturated rings. The van der Waals surface area contributed by atoms with Crippen LogP contribution in [0.1, 0.15) is 59.2 Å². The fourth-order valence-corrected chi connectivity index (χ4v) is 2.11. The maximum Gasteiger partial charge on any atom is 0.254 e. The van der Waals surface area contributed by atoms with E-state index < -0.39 is 0 Å². The van der Waals surface area contributed by atoms with Gasteiger partial charge in [0.25, 0.3) is 5.56 Å². The normalized spacial score (nSPS) is 12.2. The first-order valence-electron chi connectivity index (χ1n) is 6.48. The second-order valence-electron chi connectivity index (χ2n) is 6.25. The molecular weight excluding hydrogens is 248 g/mol. The molecule has 0 aromatic carbocycles. The molecular formula is C14H23ClN2O. The first-order valence-corrected chi connectivity index (χ1v) is 6.86. The molecule has 0 bridgehead atoms. The lowest BCUT2D eigenvalue weighted by molar-refractivity contribution is 0.349. The van der Waals surface area contributed by atoms with Crippen LogP contribution in [0.15, 0.2) is 10.9 Å². The highest BCUT2D eigenvalue weighted by atomic mass is 35.5. The van der Waals surface area contributed by atoms with Crippen molar-refractivity contribution in [2.45, 2.75) is 59.9 Å². The maximum absolute atomic E-state index is 12.0. The van der Waals surface area contributed by atoms with Crippen LogP contribution in [-0.4, -0.2) is 9.55 Å². The zero-order valence-corrected chi connectivity index (χ0v) is 12.7. The Labute approximate surface area is 114 Å². The minimum Gasteiger partial charge on any atom is -0.296 e. The van der Waals surface area contributed by atoms with Crippen molar-refractivity contribution in [3.8, 4) is 0 Å². The first-order chi connectivity index (χ1) is 8.20. The Morgan fingerprint density at radius 3 is 2.50 bits per heavy atom. The van der Waals surface area contributed by atoms with Gasteiger partial charge in [-0.2, -0.15) is 0 Å². The first kappa shape index (κ1) is 15.2. The molecule has 1 heterocycles. The molecule has 18 heavy (non-hydrogen) atoms. The molecule has 0 aliphatic rings. The predicted molar refractivity (Wildman–Crippen MR) is 76.3 cm³/mol. The second kappa shape index (κ2) is 5.87. The lowest BCUT2D eigenvalue weighted by Gasteiger charge is -2.19. The zero-order chi connectivity index (χ0) is 13.9. The fourth-order valence-electron chi connectivity index (χ4n) is 1.93. The molecule has 0 radical (unpaired) electrons. The van der Waals surface area contributed by atoms with E-state index in [-0.39, 0.29) is 16.6 Å². The lowest BCUT2D eigenvalue weighted by Crippen LogP contribution is -2.26. The minimum atomic E-state index is -0.0485. The summed E-state index contributed by atoms with van der Waals surface area (Å²) in [4.78, 5) is 16.2. The zero-order valence-electron chi connectivity index (χ0n) is 12.0. The predicted octanol–water partition coefficient (Wildman–Crippen LogP) is 3.85. The van der Waals surface area contributed by atoms with Crippen molar-refractivity contribution in [2.24, 2.45) is 5.41 Å². The van der Waals surface area contributed by atoms with Crippen LogP contribution in [0.4, 0.5) is 0 Å². The van der Waals surface area contributed by atoms with Crippen LogP contribution >= 0.6 is 11.6 Å². The van der Waals surface area contributed by atoms with Crippen LogP contribution in [0, 0.1) is 5.41 Å². The maximum atomic E-state index is 12.0. The van der Waals surface area contributed by atoms with E-state index in [1.54, 1.807) is 4.57 Å². The van der Waals surface area contributed by atoms with E-state index in [2.05, 4.69) is 25.8 Å². The Hall–Kier alpha value is -0.830. The highest BCUT2D eigenvalue weighted by Crippen LogP contribution is 2.21. The standard InChI is InChI=1S/C14H23ClN2O/c1-10(2)13-16-11(15)9-12(18)17(13)8-6-7-14(3,4)5/h9-10H,6-8H2,1-5H3. The molecule has 0 saturated carbocycles. The largest absolute Gasteiger partial charge is 0.296 e. The minimum absolute atomic E-state index is 0.0485. The van der Waals surface area contributed by atoms with Gasteiger partial charge in [-0.25, -0.2) is 4.98 Å². The van der Waals surface area contributed by atoms with Gasteiger partial charge in [-0.15, -0.1) is 0 Å². The third-order valence-corrected chi connectivity index (χ3v) is 3.03. The van der Waals surface area contributed by atoms with E-state index in [1.807, 2.05) is 13.8 Å². The molecule has 1 aromatic heterocycles. The summed E-state index contributed by atoms with van der Waals surface area (Å²) in [5, 5.41) is 0.288. The van der Waals surface area contributed by atoms with E-state index in [0.717, 1.165) is 18.7 Å². The number of aromatic nitrogens is 2. The van der Waals surface area contributed by atoms with Crippen LogP contribution in [-0.2, 0) is 6.54 Å². The number of nitrogens with zero attached hydrogens (tertiary/aromatic N) is 2.